The van der Waals surface area contributed by atoms with E-state index in [0.717, 1.165) is 11.3 Å². The zero-order chi connectivity index (χ0) is 16.1. The fraction of sp³-hybridized carbons (Fsp3) is 0.571. The van der Waals surface area contributed by atoms with Crippen molar-refractivity contribution in [1.29, 1.82) is 0 Å². The van der Waals surface area contributed by atoms with Crippen molar-refractivity contribution in [2.45, 2.75) is 39.0 Å². The molecule has 0 radical (unpaired) electrons. The Bertz CT molecular complexity index is 719. The first-order chi connectivity index (χ1) is 10.3. The number of thiazole rings is 1. The van der Waals surface area contributed by atoms with Gasteiger partial charge in [0.1, 0.15) is 0 Å². The van der Waals surface area contributed by atoms with Crippen molar-refractivity contribution in [3.05, 3.63) is 16.8 Å². The first kappa shape index (κ1) is 16.2. The van der Waals surface area contributed by atoms with E-state index in [9.17, 15) is 4.79 Å². The predicted octanol–water partition coefficient (Wildman–Crippen LogP) is 2.53. The van der Waals surface area contributed by atoms with E-state index < -0.39 is 5.60 Å². The summed E-state index contributed by atoms with van der Waals surface area (Å²) in [5, 5.41) is 0. The van der Waals surface area contributed by atoms with Crippen molar-refractivity contribution >= 4 is 54.0 Å². The Morgan fingerprint density at radius 1 is 1.50 bits per heavy atom. The van der Waals surface area contributed by atoms with Gasteiger partial charge in [-0.15, -0.1) is 0 Å². The fourth-order valence-corrected chi connectivity index (χ4v) is 4.53. The summed E-state index contributed by atoms with van der Waals surface area (Å²) in [5.74, 6) is 0. The summed E-state index contributed by atoms with van der Waals surface area (Å²) in [6.07, 6.45) is -0.367. The number of aromatic nitrogens is 2. The van der Waals surface area contributed by atoms with Crippen LogP contribution >= 0.6 is 11.3 Å². The third-order valence-corrected chi connectivity index (χ3v) is 5.82. The average molecular weight is 513 g/mol. The van der Waals surface area contributed by atoms with Gasteiger partial charge in [-0.2, -0.15) is 0 Å². The van der Waals surface area contributed by atoms with E-state index in [-0.39, 0.29) is 12.2 Å². The average Bonchev–Trinajstić information content (AvgIpc) is 3.00. The van der Waals surface area contributed by atoms with E-state index in [1.807, 2.05) is 33.3 Å². The number of amides is 1. The molecule has 2 aromatic rings. The third kappa shape index (κ3) is 2.78. The molecule has 0 bridgehead atoms. The number of carbonyl (C=O) groups excluding carboxylic acids is 1. The SMILES string of the molecule is Cn1c2c(c3scnc31)C([O][Tl])CN(C(=O)OC(C)(C)C)C2. The molecule has 0 N–H and O–H groups in total. The van der Waals surface area contributed by atoms with E-state index in [2.05, 4.69) is 9.55 Å². The normalized spacial score (nSPS) is 18.5. The summed E-state index contributed by atoms with van der Waals surface area (Å²) in [4.78, 5) is 18.5. The van der Waals surface area contributed by atoms with Gasteiger partial charge in [-0.3, -0.25) is 0 Å². The van der Waals surface area contributed by atoms with Gasteiger partial charge in [-0.25, -0.2) is 0 Å². The Hall–Kier alpha value is -0.678. The first-order valence-electron chi connectivity index (χ1n) is 7.06. The molecule has 0 saturated heterocycles. The molecule has 3 heterocycles. The first-order valence-corrected chi connectivity index (χ1v) is 9.77. The van der Waals surface area contributed by atoms with Crippen molar-refractivity contribution < 1.29 is 12.2 Å². The summed E-state index contributed by atoms with van der Waals surface area (Å²) < 4.78 is 14.5. The van der Waals surface area contributed by atoms with Crippen LogP contribution in [0.25, 0.3) is 10.3 Å². The topological polar surface area (TPSA) is 56.6 Å². The van der Waals surface area contributed by atoms with Crippen molar-refractivity contribution in [2.24, 2.45) is 7.05 Å². The number of aryl methyl sites for hydroxylation is 1. The summed E-state index contributed by atoms with van der Waals surface area (Å²) in [7, 11) is 1.99. The van der Waals surface area contributed by atoms with Crippen LogP contribution in [0.1, 0.15) is 38.1 Å². The monoisotopic (exact) mass is 513 g/mol. The maximum absolute atomic E-state index is 12.4. The van der Waals surface area contributed by atoms with Gasteiger partial charge in [0.15, 0.2) is 0 Å². The van der Waals surface area contributed by atoms with E-state index in [0.29, 0.717) is 39.3 Å². The number of hydrogen-bond donors (Lipinski definition) is 0. The van der Waals surface area contributed by atoms with Crippen molar-refractivity contribution in [3.8, 4) is 0 Å². The molecular formula is C14H18N3O3STl. The standard InChI is InChI=1S/C14H18N3O3S.Tl/c1-14(2,3)20-13(19)17-5-8-10(9(18)6-17)11-12(16(8)4)15-7-21-11;/h7,9H,5-6H2,1-4H3;/q-1;+1. The second-order valence-electron chi connectivity index (χ2n) is 6.41. The van der Waals surface area contributed by atoms with E-state index >= 15 is 0 Å². The molecule has 6 nitrogen and oxygen atoms in total. The van der Waals surface area contributed by atoms with Crippen LogP contribution in [-0.4, -0.2) is 58.9 Å². The number of carbonyl (C=O) groups is 1. The number of rotatable bonds is 1. The summed E-state index contributed by atoms with van der Waals surface area (Å²) in [5.41, 5.74) is 4.62. The van der Waals surface area contributed by atoms with Crippen LogP contribution in [0.4, 0.5) is 4.79 Å². The number of hydrogen-bond acceptors (Lipinski definition) is 5. The minimum absolute atomic E-state index is 0.0783. The Balaban J connectivity index is 1.97. The molecule has 8 heteroatoms. The molecule has 0 fully saturated rings. The number of ether oxygens (including phenoxy) is 1. The predicted molar refractivity (Wildman–Crippen MR) is 84.8 cm³/mol. The van der Waals surface area contributed by atoms with Crippen LogP contribution in [0.3, 0.4) is 0 Å². The van der Waals surface area contributed by atoms with Crippen LogP contribution in [-0.2, 0) is 21.0 Å². The van der Waals surface area contributed by atoms with Gasteiger partial charge in [-0.05, 0) is 0 Å². The number of fused-ring (bicyclic) bond motifs is 3. The number of nitrogens with zero attached hydrogens (tertiary/aromatic N) is 3. The Kier molecular flexibility index (Phi) is 4.23. The molecule has 2 aromatic heterocycles. The molecule has 0 saturated carbocycles. The molecule has 22 heavy (non-hydrogen) atoms. The van der Waals surface area contributed by atoms with Gasteiger partial charge in [-0.1, -0.05) is 0 Å². The van der Waals surface area contributed by atoms with Crippen LogP contribution in [0.15, 0.2) is 5.51 Å². The zero-order valence-corrected chi connectivity index (χ0v) is 18.4. The minimum atomic E-state index is -0.494. The van der Waals surface area contributed by atoms with Crippen LogP contribution in [0.5, 0.6) is 0 Å². The summed E-state index contributed by atoms with van der Waals surface area (Å²) in [6, 6.07) is 0. The molecule has 1 aliphatic heterocycles. The van der Waals surface area contributed by atoms with Gasteiger partial charge in [0.05, 0.1) is 0 Å². The molecule has 116 valence electrons. The second kappa shape index (κ2) is 5.75. The fourth-order valence-electron chi connectivity index (χ4n) is 2.74. The quantitative estimate of drug-likeness (QED) is 0.551. The molecule has 1 amide bonds. The maximum atomic E-state index is 12.4. The van der Waals surface area contributed by atoms with Crippen LogP contribution in [0, 0.1) is 0 Å². The van der Waals surface area contributed by atoms with E-state index in [1.165, 1.54) is 10.3 Å². The van der Waals surface area contributed by atoms with E-state index in [1.54, 1.807) is 16.2 Å². The van der Waals surface area contributed by atoms with Crippen molar-refractivity contribution in [2.75, 3.05) is 6.54 Å². The molecule has 3 rings (SSSR count). The molecule has 0 aromatic carbocycles. The van der Waals surface area contributed by atoms with Crippen molar-refractivity contribution in [3.63, 3.8) is 0 Å². The van der Waals surface area contributed by atoms with Gasteiger partial charge < -0.3 is 0 Å². The second-order valence-corrected chi connectivity index (χ2v) is 8.32. The summed E-state index contributed by atoms with van der Waals surface area (Å²) in [6.45, 7) is 6.71. The third-order valence-electron chi connectivity index (χ3n) is 3.69. The molecular weight excluding hydrogens is 495 g/mol. The summed E-state index contributed by atoms with van der Waals surface area (Å²) >= 11 is 2.04. The molecule has 0 aliphatic carbocycles. The van der Waals surface area contributed by atoms with Gasteiger partial charge >= 0.3 is 150 Å². The Morgan fingerprint density at radius 3 is 2.86 bits per heavy atom. The Morgan fingerprint density at radius 2 is 2.23 bits per heavy atom. The molecule has 1 aliphatic rings. The van der Waals surface area contributed by atoms with Gasteiger partial charge in [0.2, 0.25) is 0 Å². The van der Waals surface area contributed by atoms with Gasteiger partial charge in [0, 0.05) is 0 Å². The van der Waals surface area contributed by atoms with E-state index in [4.69, 9.17) is 7.42 Å². The van der Waals surface area contributed by atoms with Gasteiger partial charge in [0.25, 0.3) is 0 Å². The zero-order valence-electron chi connectivity index (χ0n) is 13.1. The van der Waals surface area contributed by atoms with Crippen LogP contribution < -0.4 is 0 Å². The van der Waals surface area contributed by atoms with Crippen LogP contribution in [0.2, 0.25) is 0 Å². The molecule has 1 unspecified atom stereocenters. The molecule has 1 atom stereocenters. The Labute approximate surface area is 149 Å². The molecule has 0 spiro atoms. The van der Waals surface area contributed by atoms with Crippen molar-refractivity contribution in [1.82, 2.24) is 14.5 Å².